The molecule has 29 heavy (non-hydrogen) atoms. The number of halogens is 1. The molecule has 1 aromatic carbocycles. The molecule has 2 aliphatic heterocycles. The molecule has 0 aliphatic carbocycles. The quantitative estimate of drug-likeness (QED) is 0.655. The van der Waals surface area contributed by atoms with Crippen molar-refractivity contribution in [3.63, 3.8) is 0 Å². The fraction of sp³-hybridized carbons (Fsp3) is 0.429. The number of hydrogen-bond acceptors (Lipinski definition) is 4. The maximum absolute atomic E-state index is 12.5. The van der Waals surface area contributed by atoms with E-state index in [2.05, 4.69) is 54.9 Å². The van der Waals surface area contributed by atoms with Crippen LogP contribution in [0.15, 0.2) is 41.0 Å². The summed E-state index contributed by atoms with van der Waals surface area (Å²) >= 11 is 3.55. The average Bonchev–Trinajstić information content (AvgIpc) is 3.43. The van der Waals surface area contributed by atoms with Gasteiger partial charge < -0.3 is 24.3 Å². The topological polar surface area (TPSA) is 62.1 Å². The third-order valence-electron chi connectivity index (χ3n) is 5.77. The SMILES string of the molecule is O=C(NC[C@H]1CCCO1)N1CCN(c2nc3cc(Br)ccc3n3cccc23)CC1. The molecule has 1 atom stereocenters. The summed E-state index contributed by atoms with van der Waals surface area (Å²) in [6, 6.07) is 10.3. The molecule has 3 aromatic rings. The second-order valence-corrected chi connectivity index (χ2v) is 8.54. The Morgan fingerprint density at radius 3 is 2.86 bits per heavy atom. The van der Waals surface area contributed by atoms with Crippen LogP contribution in [0.5, 0.6) is 0 Å². The van der Waals surface area contributed by atoms with Gasteiger partial charge in [0.2, 0.25) is 0 Å². The third kappa shape index (κ3) is 3.67. The molecular formula is C21H24BrN5O2. The molecule has 152 valence electrons. The van der Waals surface area contributed by atoms with E-state index in [0.29, 0.717) is 19.6 Å². The van der Waals surface area contributed by atoms with E-state index in [0.717, 1.165) is 59.4 Å². The minimum absolute atomic E-state index is 0.00313. The van der Waals surface area contributed by atoms with E-state index in [1.807, 2.05) is 17.0 Å². The number of carbonyl (C=O) groups is 1. The molecule has 2 amide bonds. The number of hydrogen-bond donors (Lipinski definition) is 1. The molecular weight excluding hydrogens is 434 g/mol. The summed E-state index contributed by atoms with van der Waals surface area (Å²) in [6.45, 7) is 4.31. The van der Waals surface area contributed by atoms with Gasteiger partial charge in [-0.05, 0) is 43.2 Å². The number of piperazine rings is 1. The van der Waals surface area contributed by atoms with Crippen molar-refractivity contribution in [2.75, 3.05) is 44.2 Å². The van der Waals surface area contributed by atoms with Gasteiger partial charge in [-0.2, -0.15) is 0 Å². The number of nitrogens with one attached hydrogen (secondary N) is 1. The second-order valence-electron chi connectivity index (χ2n) is 7.63. The molecule has 0 radical (unpaired) electrons. The van der Waals surface area contributed by atoms with Gasteiger partial charge in [0.1, 0.15) is 0 Å². The van der Waals surface area contributed by atoms with Gasteiger partial charge in [-0.1, -0.05) is 15.9 Å². The Labute approximate surface area is 177 Å². The zero-order chi connectivity index (χ0) is 19.8. The normalized spacial score (nSPS) is 20.0. The van der Waals surface area contributed by atoms with Crippen LogP contribution in [-0.2, 0) is 4.74 Å². The number of anilines is 1. The first-order chi connectivity index (χ1) is 14.2. The van der Waals surface area contributed by atoms with Crippen molar-refractivity contribution in [3.05, 3.63) is 41.0 Å². The van der Waals surface area contributed by atoms with Gasteiger partial charge >= 0.3 is 6.03 Å². The zero-order valence-corrected chi connectivity index (χ0v) is 17.8. The standard InChI is InChI=1S/C21H24BrN5O2/c22-15-5-6-18-17(13-15)24-20(19-4-1-7-27(18)19)25-8-10-26(11-9-25)21(28)23-14-16-3-2-12-29-16/h1,4-7,13,16H,2-3,8-12,14H2,(H,23,28)/t16-/m1/s1. The van der Waals surface area contributed by atoms with E-state index in [9.17, 15) is 4.79 Å². The Balaban J connectivity index is 1.30. The summed E-state index contributed by atoms with van der Waals surface area (Å²) < 4.78 is 8.79. The Bertz CT molecular complexity index is 1040. The number of benzene rings is 1. The average molecular weight is 458 g/mol. The van der Waals surface area contributed by atoms with Crippen LogP contribution in [0.1, 0.15) is 12.8 Å². The number of nitrogens with zero attached hydrogens (tertiary/aromatic N) is 4. The van der Waals surface area contributed by atoms with E-state index in [4.69, 9.17) is 9.72 Å². The minimum Gasteiger partial charge on any atom is -0.376 e. The van der Waals surface area contributed by atoms with Gasteiger partial charge in [0, 0.05) is 50.0 Å². The lowest BCUT2D eigenvalue weighted by Crippen LogP contribution is -2.52. The highest BCUT2D eigenvalue weighted by atomic mass is 79.9. The first kappa shape index (κ1) is 18.7. The summed E-state index contributed by atoms with van der Waals surface area (Å²) in [6.07, 6.45) is 4.36. The summed E-state index contributed by atoms with van der Waals surface area (Å²) in [5, 5.41) is 3.02. The molecule has 0 saturated carbocycles. The van der Waals surface area contributed by atoms with Gasteiger partial charge in [0.05, 0.1) is 22.7 Å². The van der Waals surface area contributed by atoms with Crippen molar-refractivity contribution >= 4 is 44.3 Å². The van der Waals surface area contributed by atoms with Crippen LogP contribution in [0.25, 0.3) is 16.6 Å². The van der Waals surface area contributed by atoms with E-state index >= 15 is 0 Å². The van der Waals surface area contributed by atoms with Gasteiger partial charge in [-0.25, -0.2) is 9.78 Å². The van der Waals surface area contributed by atoms with E-state index in [1.54, 1.807) is 0 Å². The first-order valence-corrected chi connectivity index (χ1v) is 10.9. The Hall–Kier alpha value is -2.32. The van der Waals surface area contributed by atoms with Gasteiger partial charge in [0.25, 0.3) is 0 Å². The molecule has 0 unspecified atom stereocenters. The Kier molecular flexibility index (Phi) is 5.05. The summed E-state index contributed by atoms with van der Waals surface area (Å²) in [7, 11) is 0. The van der Waals surface area contributed by atoms with Crippen LogP contribution >= 0.6 is 15.9 Å². The molecule has 1 N–H and O–H groups in total. The van der Waals surface area contributed by atoms with Crippen LogP contribution < -0.4 is 10.2 Å². The largest absolute Gasteiger partial charge is 0.376 e. The fourth-order valence-electron chi connectivity index (χ4n) is 4.21. The number of urea groups is 1. The maximum atomic E-state index is 12.5. The smallest absolute Gasteiger partial charge is 0.317 e. The van der Waals surface area contributed by atoms with Crippen molar-refractivity contribution in [2.24, 2.45) is 0 Å². The van der Waals surface area contributed by atoms with Crippen LogP contribution in [0, 0.1) is 0 Å². The third-order valence-corrected chi connectivity index (χ3v) is 6.27. The van der Waals surface area contributed by atoms with Crippen molar-refractivity contribution in [1.29, 1.82) is 0 Å². The molecule has 8 heteroatoms. The first-order valence-electron chi connectivity index (χ1n) is 10.1. The second kappa shape index (κ2) is 7.84. The molecule has 2 fully saturated rings. The minimum atomic E-state index is 0.00313. The Morgan fingerprint density at radius 2 is 2.07 bits per heavy atom. The van der Waals surface area contributed by atoms with Crippen LogP contribution in [0.2, 0.25) is 0 Å². The highest BCUT2D eigenvalue weighted by Crippen LogP contribution is 2.27. The number of amides is 2. The monoisotopic (exact) mass is 457 g/mol. The van der Waals surface area contributed by atoms with Gasteiger partial charge in [0.15, 0.2) is 5.82 Å². The lowest BCUT2D eigenvalue weighted by atomic mass is 10.2. The number of carbonyl (C=O) groups excluding carboxylic acids is 1. The molecule has 2 saturated heterocycles. The summed E-state index contributed by atoms with van der Waals surface area (Å²) in [5.74, 6) is 0.972. The van der Waals surface area contributed by atoms with E-state index < -0.39 is 0 Å². The Morgan fingerprint density at radius 1 is 1.21 bits per heavy atom. The molecule has 4 heterocycles. The van der Waals surface area contributed by atoms with E-state index in [1.165, 1.54) is 0 Å². The summed E-state index contributed by atoms with van der Waals surface area (Å²) in [4.78, 5) is 21.6. The van der Waals surface area contributed by atoms with Gasteiger partial charge in [-0.3, -0.25) is 0 Å². The fourth-order valence-corrected chi connectivity index (χ4v) is 4.56. The van der Waals surface area contributed by atoms with Crippen molar-refractivity contribution < 1.29 is 9.53 Å². The van der Waals surface area contributed by atoms with Crippen LogP contribution in [-0.4, -0.2) is 65.8 Å². The van der Waals surface area contributed by atoms with Gasteiger partial charge in [-0.15, -0.1) is 0 Å². The van der Waals surface area contributed by atoms with Crippen molar-refractivity contribution in [3.8, 4) is 0 Å². The summed E-state index contributed by atoms with van der Waals surface area (Å²) in [5.41, 5.74) is 3.13. The lowest BCUT2D eigenvalue weighted by Gasteiger charge is -2.36. The molecule has 0 spiro atoms. The molecule has 0 bridgehead atoms. The lowest BCUT2D eigenvalue weighted by molar-refractivity contribution is 0.108. The van der Waals surface area contributed by atoms with Crippen LogP contribution in [0.4, 0.5) is 10.6 Å². The molecule has 7 nitrogen and oxygen atoms in total. The number of fused-ring (bicyclic) bond motifs is 3. The number of ether oxygens (including phenoxy) is 1. The number of aromatic nitrogens is 2. The highest BCUT2D eigenvalue weighted by Gasteiger charge is 2.25. The molecule has 2 aromatic heterocycles. The predicted molar refractivity (Wildman–Crippen MR) is 117 cm³/mol. The molecule has 2 aliphatic rings. The van der Waals surface area contributed by atoms with E-state index in [-0.39, 0.29) is 12.1 Å². The van der Waals surface area contributed by atoms with Crippen molar-refractivity contribution in [1.82, 2.24) is 19.6 Å². The van der Waals surface area contributed by atoms with Crippen molar-refractivity contribution in [2.45, 2.75) is 18.9 Å². The number of rotatable bonds is 3. The molecule has 5 rings (SSSR count). The predicted octanol–water partition coefficient (Wildman–Crippen LogP) is 3.26. The highest BCUT2D eigenvalue weighted by molar-refractivity contribution is 9.10. The maximum Gasteiger partial charge on any atom is 0.317 e. The van der Waals surface area contributed by atoms with Crippen LogP contribution in [0.3, 0.4) is 0 Å². The zero-order valence-electron chi connectivity index (χ0n) is 16.2.